The van der Waals surface area contributed by atoms with E-state index in [-0.39, 0.29) is 49.9 Å². The number of hydrogen-bond acceptors (Lipinski definition) is 14. The molecule has 9 atom stereocenters. The molecule has 4 heterocycles. The number of amides is 1. The van der Waals surface area contributed by atoms with Crippen LogP contribution in [0.5, 0.6) is 17.2 Å². The molecule has 328 valence electrons. The van der Waals surface area contributed by atoms with E-state index in [1.54, 1.807) is 62.6 Å². The molecule has 2 aromatic heterocycles. The number of allylic oxidation sites excluding steroid dienone is 2. The fourth-order valence-electron chi connectivity index (χ4n) is 8.23. The van der Waals surface area contributed by atoms with Gasteiger partial charge in [-0.25, -0.2) is 4.98 Å². The van der Waals surface area contributed by atoms with Crippen LogP contribution in [0.25, 0.3) is 27.5 Å². The number of aryl methyl sites for hydroxylation is 1. The molecular weight excluding hydrogens is 815 g/mol. The Hall–Kier alpha value is -5.53. The summed E-state index contributed by atoms with van der Waals surface area (Å²) >= 11 is 0. The maximum atomic E-state index is 14.7. The summed E-state index contributed by atoms with van der Waals surface area (Å²) in [5.74, 6) is -8.38. The van der Waals surface area contributed by atoms with Crippen molar-refractivity contribution in [3.8, 4) is 17.2 Å². The highest BCUT2D eigenvalue weighted by Crippen LogP contribution is 2.54. The molecule has 6 rings (SSSR count). The Morgan fingerprint density at radius 1 is 1.02 bits per heavy atom. The van der Waals surface area contributed by atoms with E-state index in [0.29, 0.717) is 5.65 Å². The molecule has 0 spiro atoms. The summed E-state index contributed by atoms with van der Waals surface area (Å²) in [5.41, 5.74) is 0.890. The summed E-state index contributed by atoms with van der Waals surface area (Å²) in [7, 11) is -3.87. The second-order valence-electron chi connectivity index (χ2n) is 16.1. The number of carbonyl (C=O) groups excluding carboxylic acids is 3. The number of hydrogen-bond donors (Lipinski definition) is 5. The van der Waals surface area contributed by atoms with Crippen molar-refractivity contribution in [3.63, 3.8) is 0 Å². The lowest BCUT2D eigenvalue weighted by Crippen LogP contribution is -2.46. The zero-order valence-corrected chi connectivity index (χ0v) is 36.2. The minimum atomic E-state index is -5.28. The number of aromatic hydroxyl groups is 1. The van der Waals surface area contributed by atoms with Gasteiger partial charge in [-0.05, 0) is 44.5 Å². The first kappa shape index (κ1) is 45.0. The van der Waals surface area contributed by atoms with Gasteiger partial charge in [-0.1, -0.05) is 45.9 Å². The molecule has 1 amide bonds. The molecule has 2 aromatic carbocycles. The molecule has 2 aliphatic rings. The predicted octanol–water partition coefficient (Wildman–Crippen LogP) is 5.63. The first-order valence-corrected chi connectivity index (χ1v) is 21.0. The number of phenols is 1. The average molecular weight is 866 g/mol. The predicted molar refractivity (Wildman–Crippen MR) is 224 cm³/mol. The van der Waals surface area contributed by atoms with Gasteiger partial charge in [0.25, 0.3) is 11.7 Å². The minimum Gasteiger partial charge on any atom is -0.505 e. The lowest BCUT2D eigenvalue weighted by molar-refractivity contribution is -0.160. The Balaban J connectivity index is 1.64. The minimum absolute atomic E-state index is 0.0240. The highest BCUT2D eigenvalue weighted by atomic mass is 32.3. The number of phenolic OH excluding ortho intramolecular Hbond substituents is 1. The standard InChI is InChI=1S/C43H51N3O14S/c1-19-14-16-46-28(18-19)44-32-29-30-37(50)33(34(32)46)45-42(52)21(3)13-11-12-20(2)35(48)23(5)36(49)24(6)38(58-26(8)47)22(4)27(56-10)15-17-57-43(9)41(51)31(29)39(59-43)25(7)40(30)60-61(53,54)55/h11-18,20,22-24,27,35-36,38,48-50H,1-10H3,(H,45,52)(H,53,54,55)/b12-11+,17-15+,21-13-/t20-,22+,23+,24+,27-,35-,36+,38+,43-/m0/s1. The lowest BCUT2D eigenvalue weighted by Gasteiger charge is -2.38. The van der Waals surface area contributed by atoms with E-state index in [0.717, 1.165) is 11.8 Å². The number of esters is 1. The van der Waals surface area contributed by atoms with Gasteiger partial charge in [0, 0.05) is 67.3 Å². The fraction of sp³-hybridized carbons (Fsp3) is 0.442. The third-order valence-corrected chi connectivity index (χ3v) is 12.1. The van der Waals surface area contributed by atoms with Gasteiger partial charge in [0.05, 0.1) is 35.5 Å². The molecule has 18 heteroatoms. The van der Waals surface area contributed by atoms with Gasteiger partial charge in [0.1, 0.15) is 34.2 Å². The van der Waals surface area contributed by atoms with Gasteiger partial charge in [-0.3, -0.25) is 23.3 Å². The summed E-state index contributed by atoms with van der Waals surface area (Å²) in [4.78, 5) is 45.8. The molecule has 0 unspecified atom stereocenters. The molecule has 61 heavy (non-hydrogen) atoms. The Morgan fingerprint density at radius 3 is 2.34 bits per heavy atom. The topological polar surface area (TPSA) is 242 Å². The summed E-state index contributed by atoms with van der Waals surface area (Å²) in [5, 5.41) is 37.3. The molecular formula is C43H51N3O14S. The number of aliphatic hydroxyl groups excluding tert-OH is 2. The van der Waals surface area contributed by atoms with Gasteiger partial charge in [0.15, 0.2) is 11.5 Å². The number of aromatic nitrogens is 2. The number of methoxy groups -OCH3 is 1. The Labute approximate surface area is 352 Å². The van der Waals surface area contributed by atoms with Crippen LogP contribution in [0.15, 0.2) is 54.5 Å². The summed E-state index contributed by atoms with van der Waals surface area (Å²) < 4.78 is 65.2. The highest BCUT2D eigenvalue weighted by Gasteiger charge is 2.50. The molecule has 2 aliphatic heterocycles. The molecule has 0 aliphatic carbocycles. The van der Waals surface area contributed by atoms with Crippen LogP contribution in [0.1, 0.15) is 70.0 Å². The lowest BCUT2D eigenvalue weighted by atomic mass is 9.78. The average Bonchev–Trinajstić information content (AvgIpc) is 3.69. The number of ketones is 1. The van der Waals surface area contributed by atoms with E-state index >= 15 is 0 Å². The van der Waals surface area contributed by atoms with Crippen molar-refractivity contribution in [1.82, 2.24) is 9.38 Å². The van der Waals surface area contributed by atoms with Crippen molar-refractivity contribution in [2.75, 3.05) is 12.4 Å². The van der Waals surface area contributed by atoms with Gasteiger partial charge in [0.2, 0.25) is 0 Å². The number of carbonyl (C=O) groups is 3. The van der Waals surface area contributed by atoms with Crippen LogP contribution in [-0.4, -0.2) is 92.6 Å². The second kappa shape index (κ2) is 16.7. The van der Waals surface area contributed by atoms with Gasteiger partial charge >= 0.3 is 22.2 Å². The van der Waals surface area contributed by atoms with Crippen molar-refractivity contribution < 1.29 is 65.8 Å². The smallest absolute Gasteiger partial charge is 0.446 e. The first-order chi connectivity index (χ1) is 28.5. The second-order valence-corrected chi connectivity index (χ2v) is 17.1. The van der Waals surface area contributed by atoms with E-state index in [4.69, 9.17) is 28.1 Å². The van der Waals surface area contributed by atoms with Crippen LogP contribution < -0.4 is 14.2 Å². The van der Waals surface area contributed by atoms with E-state index in [1.807, 2.05) is 6.92 Å². The molecule has 0 saturated heterocycles. The van der Waals surface area contributed by atoms with Crippen LogP contribution in [-0.2, 0) is 34.2 Å². The largest absolute Gasteiger partial charge is 0.505 e. The quantitative estimate of drug-likeness (QED) is 0.0948. The summed E-state index contributed by atoms with van der Waals surface area (Å²) in [6.07, 6.45) is 4.93. The third kappa shape index (κ3) is 8.29. The van der Waals surface area contributed by atoms with Crippen LogP contribution in [0.4, 0.5) is 5.69 Å². The summed E-state index contributed by atoms with van der Waals surface area (Å²) in [6, 6.07) is 3.48. The van der Waals surface area contributed by atoms with Crippen molar-refractivity contribution in [3.05, 3.63) is 71.2 Å². The van der Waals surface area contributed by atoms with Crippen LogP contribution in [0.2, 0.25) is 0 Å². The molecule has 4 bridgehead atoms. The number of rotatable bonds is 4. The van der Waals surface area contributed by atoms with Crippen LogP contribution in [0, 0.1) is 37.5 Å². The highest BCUT2D eigenvalue weighted by molar-refractivity contribution is 7.81. The Kier molecular flexibility index (Phi) is 12.3. The maximum Gasteiger partial charge on any atom is 0.446 e. The van der Waals surface area contributed by atoms with Gasteiger partial charge in [-0.15, -0.1) is 0 Å². The first-order valence-electron chi connectivity index (χ1n) is 19.6. The Morgan fingerprint density at radius 2 is 1.70 bits per heavy atom. The third-order valence-electron chi connectivity index (χ3n) is 11.7. The molecule has 0 saturated carbocycles. The number of Topliss-reactive ketones (excluding diaryl/α,β-unsaturated/α-hetero) is 1. The Bertz CT molecular complexity index is 2650. The normalized spacial score (nSPS) is 29.8. The molecule has 4 aromatic rings. The van der Waals surface area contributed by atoms with Crippen molar-refractivity contribution in [1.29, 1.82) is 0 Å². The fourth-order valence-corrected chi connectivity index (χ4v) is 8.64. The van der Waals surface area contributed by atoms with E-state index in [9.17, 15) is 42.7 Å². The number of imidazole rings is 1. The van der Waals surface area contributed by atoms with E-state index < -0.39 is 93.4 Å². The molecule has 5 N–H and O–H groups in total. The number of pyridine rings is 1. The van der Waals surface area contributed by atoms with Crippen molar-refractivity contribution in [2.45, 2.75) is 92.5 Å². The van der Waals surface area contributed by atoms with Crippen molar-refractivity contribution in [2.24, 2.45) is 23.7 Å². The van der Waals surface area contributed by atoms with Gasteiger partial charge < -0.3 is 43.8 Å². The number of fused-ring (bicyclic) bond motifs is 2. The maximum absolute atomic E-state index is 14.7. The van der Waals surface area contributed by atoms with E-state index in [1.165, 1.54) is 47.0 Å². The molecule has 0 radical (unpaired) electrons. The molecule has 17 nitrogen and oxygen atoms in total. The number of nitrogens with one attached hydrogen (secondary N) is 1. The van der Waals surface area contributed by atoms with Crippen LogP contribution in [0.3, 0.4) is 0 Å². The molecule has 0 fully saturated rings. The van der Waals surface area contributed by atoms with Crippen molar-refractivity contribution >= 4 is 61.2 Å². The van der Waals surface area contributed by atoms with Crippen LogP contribution >= 0.6 is 0 Å². The zero-order chi connectivity index (χ0) is 45.0. The number of anilines is 1. The summed E-state index contributed by atoms with van der Waals surface area (Å²) in [6.45, 7) is 14.1. The number of aliphatic hydroxyl groups is 2. The number of ether oxygens (including phenoxy) is 4. The zero-order valence-electron chi connectivity index (χ0n) is 35.4. The monoisotopic (exact) mass is 865 g/mol. The number of benzene rings is 2. The van der Waals surface area contributed by atoms with E-state index in [2.05, 4.69) is 5.32 Å². The SMILES string of the molecule is CO[C@H]1/C=C/O[C@@]2(C)Oc3c(C)c(OS(=O)(=O)O)c4c(O)c(c5c(nc6cc(C)ccn65)c4c3C2=O)NC(=O)/C(C)=C\C=C\[C@H](C)[C@H](O)[C@@H](C)[C@@H](O)[C@@H](C)[C@H](OC(C)=O)[C@@H]1C. The number of nitrogens with zero attached hydrogens (tertiary/aromatic N) is 2. The van der Waals surface area contributed by atoms with Gasteiger partial charge in [-0.2, -0.15) is 8.42 Å².